The van der Waals surface area contributed by atoms with Gasteiger partial charge in [0.25, 0.3) is 5.91 Å². The lowest BCUT2D eigenvalue weighted by molar-refractivity contribution is 0.0746. The van der Waals surface area contributed by atoms with E-state index in [1.807, 2.05) is 72.5 Å². The number of amides is 3. The zero-order chi connectivity index (χ0) is 23.2. The van der Waals surface area contributed by atoms with Crippen LogP contribution < -0.4 is 20.3 Å². The van der Waals surface area contributed by atoms with Crippen LogP contribution in [-0.4, -0.2) is 50.1 Å². The topological polar surface area (TPSA) is 73.9 Å². The average Bonchev–Trinajstić information content (AvgIpc) is 2.85. The van der Waals surface area contributed by atoms with E-state index in [9.17, 15) is 9.59 Å². The molecule has 0 spiro atoms. The Bertz CT molecular complexity index is 1120. The summed E-state index contributed by atoms with van der Waals surface area (Å²) in [6.45, 7) is 4.84. The van der Waals surface area contributed by atoms with Gasteiger partial charge in [0.15, 0.2) is 0 Å². The molecule has 0 unspecified atom stereocenters. The fourth-order valence-corrected chi connectivity index (χ4v) is 3.94. The maximum absolute atomic E-state index is 12.8. The number of anilines is 3. The van der Waals surface area contributed by atoms with Crippen molar-refractivity contribution in [3.63, 3.8) is 0 Å². The van der Waals surface area contributed by atoms with Gasteiger partial charge in [-0.2, -0.15) is 0 Å². The van der Waals surface area contributed by atoms with Crippen molar-refractivity contribution >= 4 is 29.0 Å². The molecule has 1 fully saturated rings. The van der Waals surface area contributed by atoms with Gasteiger partial charge in [-0.15, -0.1) is 0 Å². The predicted molar refractivity (Wildman–Crippen MR) is 131 cm³/mol. The van der Waals surface area contributed by atoms with Gasteiger partial charge >= 0.3 is 6.03 Å². The third kappa shape index (κ3) is 5.26. The number of ether oxygens (including phenoxy) is 1. The zero-order valence-electron chi connectivity index (χ0n) is 18.9. The van der Waals surface area contributed by atoms with Crippen LogP contribution in [0.3, 0.4) is 0 Å². The summed E-state index contributed by atoms with van der Waals surface area (Å²) in [5, 5.41) is 5.64. The number of aryl methyl sites for hydroxylation is 1. The maximum atomic E-state index is 12.8. The number of nitrogens with zero attached hydrogens (tertiary/aromatic N) is 2. The summed E-state index contributed by atoms with van der Waals surface area (Å²) in [5.41, 5.74) is 4.14. The molecule has 33 heavy (non-hydrogen) atoms. The Kier molecular flexibility index (Phi) is 6.78. The van der Waals surface area contributed by atoms with Gasteiger partial charge in [0.2, 0.25) is 0 Å². The van der Waals surface area contributed by atoms with Crippen LogP contribution in [0, 0.1) is 6.92 Å². The minimum absolute atomic E-state index is 0.0911. The van der Waals surface area contributed by atoms with Gasteiger partial charge in [0.1, 0.15) is 5.75 Å². The zero-order valence-corrected chi connectivity index (χ0v) is 18.9. The summed E-state index contributed by atoms with van der Waals surface area (Å²) in [6.07, 6.45) is 0. The van der Waals surface area contributed by atoms with Gasteiger partial charge in [-0.1, -0.05) is 30.3 Å². The number of benzene rings is 3. The summed E-state index contributed by atoms with van der Waals surface area (Å²) in [4.78, 5) is 29.4. The van der Waals surface area contributed by atoms with E-state index >= 15 is 0 Å². The van der Waals surface area contributed by atoms with Crippen LogP contribution in [0.4, 0.5) is 21.9 Å². The normalized spacial score (nSPS) is 13.4. The molecule has 4 rings (SSSR count). The van der Waals surface area contributed by atoms with Crippen molar-refractivity contribution in [1.29, 1.82) is 0 Å². The molecular weight excluding hydrogens is 416 g/mol. The molecule has 0 aromatic heterocycles. The third-order valence-electron chi connectivity index (χ3n) is 5.79. The molecule has 3 aromatic carbocycles. The molecule has 0 saturated carbocycles. The van der Waals surface area contributed by atoms with E-state index in [0.717, 1.165) is 29.9 Å². The Labute approximate surface area is 194 Å². The summed E-state index contributed by atoms with van der Waals surface area (Å²) < 4.78 is 5.26. The molecular formula is C26H28N4O3. The van der Waals surface area contributed by atoms with Gasteiger partial charge in [-0.25, -0.2) is 4.79 Å². The lowest BCUT2D eigenvalue weighted by Crippen LogP contribution is -2.48. The second kappa shape index (κ2) is 10.1. The number of piperazine rings is 1. The number of urea groups is 1. The van der Waals surface area contributed by atoms with E-state index in [2.05, 4.69) is 15.5 Å². The highest BCUT2D eigenvalue weighted by Gasteiger charge is 2.23. The van der Waals surface area contributed by atoms with Crippen LogP contribution in [0.5, 0.6) is 5.75 Å². The predicted octanol–water partition coefficient (Wildman–Crippen LogP) is 4.61. The van der Waals surface area contributed by atoms with Crippen molar-refractivity contribution in [1.82, 2.24) is 4.90 Å². The number of hydrogen-bond donors (Lipinski definition) is 2. The summed E-state index contributed by atoms with van der Waals surface area (Å²) >= 11 is 0. The minimum atomic E-state index is -0.337. The highest BCUT2D eigenvalue weighted by molar-refractivity contribution is 6.00. The van der Waals surface area contributed by atoms with E-state index in [1.165, 1.54) is 0 Å². The Hall–Kier alpha value is -4.00. The number of para-hydroxylation sites is 2. The Balaban J connectivity index is 1.31. The Morgan fingerprint density at radius 3 is 2.18 bits per heavy atom. The van der Waals surface area contributed by atoms with Crippen LogP contribution in [0.15, 0.2) is 72.8 Å². The molecule has 1 aliphatic rings. The second-order valence-corrected chi connectivity index (χ2v) is 7.92. The van der Waals surface area contributed by atoms with Crippen LogP contribution in [0.2, 0.25) is 0 Å². The number of rotatable bonds is 5. The summed E-state index contributed by atoms with van der Waals surface area (Å²) in [5.74, 6) is 0.691. The third-order valence-corrected chi connectivity index (χ3v) is 5.79. The van der Waals surface area contributed by atoms with Crippen molar-refractivity contribution < 1.29 is 14.3 Å². The molecule has 0 radical (unpaired) electrons. The molecule has 2 N–H and O–H groups in total. The highest BCUT2D eigenvalue weighted by Crippen LogP contribution is 2.24. The molecule has 0 aliphatic carbocycles. The van der Waals surface area contributed by atoms with Crippen LogP contribution in [-0.2, 0) is 0 Å². The lowest BCUT2D eigenvalue weighted by atomic mass is 10.1. The molecule has 3 aromatic rings. The van der Waals surface area contributed by atoms with Gasteiger partial charge in [0, 0.05) is 43.1 Å². The second-order valence-electron chi connectivity index (χ2n) is 7.92. The van der Waals surface area contributed by atoms with Gasteiger partial charge in [-0.05, 0) is 55.0 Å². The number of methoxy groups -OCH3 is 1. The van der Waals surface area contributed by atoms with Crippen molar-refractivity contribution in [3.8, 4) is 5.75 Å². The molecule has 3 amide bonds. The van der Waals surface area contributed by atoms with E-state index in [0.29, 0.717) is 30.2 Å². The standard InChI is InChI=1S/C26H28N4O3/c1-19-7-3-4-8-22(19)25(31)30-17-15-29(16-18-30)21-13-11-20(12-14-21)27-26(32)28-23-9-5-6-10-24(23)33-2/h3-14H,15-18H2,1-2H3,(H2,27,28,32). The first-order chi connectivity index (χ1) is 16.0. The van der Waals surface area contributed by atoms with Crippen molar-refractivity contribution in [2.75, 3.05) is 48.8 Å². The number of carbonyl (C=O) groups is 2. The molecule has 0 bridgehead atoms. The first kappa shape index (κ1) is 22.2. The molecule has 0 atom stereocenters. The number of carbonyl (C=O) groups excluding carboxylic acids is 2. The van der Waals surface area contributed by atoms with Crippen LogP contribution in [0.25, 0.3) is 0 Å². The first-order valence-corrected chi connectivity index (χ1v) is 11.0. The van der Waals surface area contributed by atoms with E-state index < -0.39 is 0 Å². The number of nitrogens with one attached hydrogen (secondary N) is 2. The Morgan fingerprint density at radius 1 is 0.818 bits per heavy atom. The fraction of sp³-hybridized carbons (Fsp3) is 0.231. The summed E-state index contributed by atoms with van der Waals surface area (Å²) in [7, 11) is 1.57. The fourth-order valence-electron chi connectivity index (χ4n) is 3.94. The summed E-state index contributed by atoms with van der Waals surface area (Å²) in [6, 6.07) is 22.3. The van der Waals surface area contributed by atoms with E-state index in [-0.39, 0.29) is 11.9 Å². The minimum Gasteiger partial charge on any atom is -0.495 e. The quantitative estimate of drug-likeness (QED) is 0.603. The first-order valence-electron chi connectivity index (χ1n) is 11.0. The SMILES string of the molecule is COc1ccccc1NC(=O)Nc1ccc(N2CCN(C(=O)c3ccccc3C)CC2)cc1. The average molecular weight is 445 g/mol. The van der Waals surface area contributed by atoms with Crippen LogP contribution in [0.1, 0.15) is 15.9 Å². The molecule has 170 valence electrons. The lowest BCUT2D eigenvalue weighted by Gasteiger charge is -2.36. The number of hydrogen-bond acceptors (Lipinski definition) is 4. The van der Waals surface area contributed by atoms with E-state index in [1.54, 1.807) is 19.2 Å². The van der Waals surface area contributed by atoms with Crippen molar-refractivity contribution in [2.24, 2.45) is 0 Å². The van der Waals surface area contributed by atoms with E-state index in [4.69, 9.17) is 4.74 Å². The molecule has 1 aliphatic heterocycles. The molecule has 7 nitrogen and oxygen atoms in total. The van der Waals surface area contributed by atoms with Gasteiger partial charge in [0.05, 0.1) is 12.8 Å². The maximum Gasteiger partial charge on any atom is 0.323 e. The van der Waals surface area contributed by atoms with Crippen LogP contribution >= 0.6 is 0 Å². The van der Waals surface area contributed by atoms with Gasteiger partial charge < -0.3 is 25.2 Å². The molecule has 7 heteroatoms. The Morgan fingerprint density at radius 2 is 1.48 bits per heavy atom. The van der Waals surface area contributed by atoms with Gasteiger partial charge in [-0.3, -0.25) is 4.79 Å². The molecule has 1 saturated heterocycles. The highest BCUT2D eigenvalue weighted by atomic mass is 16.5. The van der Waals surface area contributed by atoms with Crippen molar-refractivity contribution in [2.45, 2.75) is 6.92 Å². The monoisotopic (exact) mass is 444 g/mol. The largest absolute Gasteiger partial charge is 0.495 e. The van der Waals surface area contributed by atoms with Crippen molar-refractivity contribution in [3.05, 3.63) is 83.9 Å². The molecule has 1 heterocycles. The smallest absolute Gasteiger partial charge is 0.323 e.